The van der Waals surface area contributed by atoms with Gasteiger partial charge >= 0.3 is 0 Å². The average Bonchev–Trinajstić information content (AvgIpc) is 2.67. The number of aliphatic hydroxyl groups excluding tert-OH is 1. The van der Waals surface area contributed by atoms with E-state index in [0.717, 1.165) is 41.2 Å². The second-order valence-electron chi connectivity index (χ2n) is 5.45. The Labute approximate surface area is 114 Å². The predicted molar refractivity (Wildman–Crippen MR) is 74.6 cm³/mol. The number of hydrogen-bond acceptors (Lipinski definition) is 2. The second kappa shape index (κ2) is 5.50. The van der Waals surface area contributed by atoms with E-state index in [1.54, 1.807) is 0 Å². The number of ether oxygens (including phenoxy) is 1. The molecule has 1 saturated carbocycles. The minimum Gasteiger partial charge on any atom is -0.487 e. The Morgan fingerprint density at radius 1 is 1.33 bits per heavy atom. The SMILES string of the molecule is Cc1cc(Cl)c(C(C)C)cc1OC1CCCC1O. The molecule has 2 atom stereocenters. The summed E-state index contributed by atoms with van der Waals surface area (Å²) in [6, 6.07) is 3.97. The van der Waals surface area contributed by atoms with Crippen LogP contribution < -0.4 is 4.74 Å². The first-order valence-electron chi connectivity index (χ1n) is 6.63. The highest BCUT2D eigenvalue weighted by molar-refractivity contribution is 6.31. The quantitative estimate of drug-likeness (QED) is 0.896. The number of hydrogen-bond donors (Lipinski definition) is 1. The predicted octanol–water partition coefficient (Wildman–Crippen LogP) is 4.06. The Balaban J connectivity index is 2.24. The summed E-state index contributed by atoms with van der Waals surface area (Å²) in [5, 5.41) is 10.6. The van der Waals surface area contributed by atoms with Gasteiger partial charge in [-0.2, -0.15) is 0 Å². The fourth-order valence-corrected chi connectivity index (χ4v) is 2.88. The summed E-state index contributed by atoms with van der Waals surface area (Å²) in [5.41, 5.74) is 2.13. The maximum atomic E-state index is 9.82. The van der Waals surface area contributed by atoms with Crippen molar-refractivity contribution in [3.63, 3.8) is 0 Å². The van der Waals surface area contributed by atoms with Gasteiger partial charge in [0.15, 0.2) is 0 Å². The summed E-state index contributed by atoms with van der Waals surface area (Å²) in [6.07, 6.45) is 2.41. The van der Waals surface area contributed by atoms with Gasteiger partial charge in [-0.3, -0.25) is 0 Å². The third-order valence-corrected chi connectivity index (χ3v) is 3.94. The van der Waals surface area contributed by atoms with E-state index in [-0.39, 0.29) is 12.2 Å². The molecule has 2 nitrogen and oxygen atoms in total. The number of benzene rings is 1. The van der Waals surface area contributed by atoms with Gasteiger partial charge in [0.05, 0.1) is 6.10 Å². The van der Waals surface area contributed by atoms with Crippen molar-refractivity contribution >= 4 is 11.6 Å². The minimum absolute atomic E-state index is 0.0649. The average molecular weight is 269 g/mol. The van der Waals surface area contributed by atoms with Crippen LogP contribution in [0.4, 0.5) is 0 Å². The molecule has 1 N–H and O–H groups in total. The van der Waals surface area contributed by atoms with Crippen LogP contribution in [0.2, 0.25) is 5.02 Å². The zero-order chi connectivity index (χ0) is 13.3. The number of rotatable bonds is 3. The van der Waals surface area contributed by atoms with Gasteiger partial charge in [0.1, 0.15) is 11.9 Å². The van der Waals surface area contributed by atoms with Crippen LogP contribution in [0.3, 0.4) is 0 Å². The fraction of sp³-hybridized carbons (Fsp3) is 0.600. The van der Waals surface area contributed by atoms with Gasteiger partial charge in [-0.1, -0.05) is 25.4 Å². The van der Waals surface area contributed by atoms with E-state index >= 15 is 0 Å². The van der Waals surface area contributed by atoms with Crippen molar-refractivity contribution in [1.29, 1.82) is 0 Å². The van der Waals surface area contributed by atoms with Crippen molar-refractivity contribution in [2.24, 2.45) is 0 Å². The first-order valence-corrected chi connectivity index (χ1v) is 7.01. The first kappa shape index (κ1) is 13.7. The van der Waals surface area contributed by atoms with Crippen molar-refractivity contribution < 1.29 is 9.84 Å². The van der Waals surface area contributed by atoms with E-state index in [0.29, 0.717) is 5.92 Å². The lowest BCUT2D eigenvalue weighted by Crippen LogP contribution is -2.26. The van der Waals surface area contributed by atoms with Crippen molar-refractivity contribution in [2.75, 3.05) is 0 Å². The Morgan fingerprint density at radius 2 is 2.06 bits per heavy atom. The van der Waals surface area contributed by atoms with Crippen molar-refractivity contribution in [2.45, 2.75) is 58.2 Å². The largest absolute Gasteiger partial charge is 0.487 e. The summed E-state index contributed by atoms with van der Waals surface area (Å²) >= 11 is 6.24. The highest BCUT2D eigenvalue weighted by atomic mass is 35.5. The standard InChI is InChI=1S/C15H21ClO2/c1-9(2)11-8-15(10(3)7-12(11)16)18-14-6-4-5-13(14)17/h7-9,13-14,17H,4-6H2,1-3H3. The van der Waals surface area contributed by atoms with Crippen LogP contribution in [0.1, 0.15) is 50.2 Å². The summed E-state index contributed by atoms with van der Waals surface area (Å²) < 4.78 is 5.96. The molecule has 0 saturated heterocycles. The van der Waals surface area contributed by atoms with Crippen LogP contribution >= 0.6 is 11.6 Å². The molecule has 0 aromatic heterocycles. The fourth-order valence-electron chi connectivity index (χ4n) is 2.44. The number of aliphatic hydroxyl groups is 1. The van der Waals surface area contributed by atoms with Gasteiger partial charge in [-0.25, -0.2) is 0 Å². The molecule has 0 amide bonds. The van der Waals surface area contributed by atoms with Gasteiger partial charge in [0.25, 0.3) is 0 Å². The van der Waals surface area contributed by atoms with Crippen LogP contribution in [-0.4, -0.2) is 17.3 Å². The van der Waals surface area contributed by atoms with E-state index in [2.05, 4.69) is 13.8 Å². The lowest BCUT2D eigenvalue weighted by Gasteiger charge is -2.20. The normalized spacial score (nSPS) is 23.7. The number of halogens is 1. The molecule has 1 aliphatic carbocycles. The molecule has 18 heavy (non-hydrogen) atoms. The van der Waals surface area contributed by atoms with Crippen LogP contribution in [0.15, 0.2) is 12.1 Å². The molecule has 1 fully saturated rings. The molecule has 0 aliphatic heterocycles. The third-order valence-electron chi connectivity index (χ3n) is 3.61. The van der Waals surface area contributed by atoms with Crippen LogP contribution in [0.25, 0.3) is 0 Å². The Kier molecular flexibility index (Phi) is 4.18. The zero-order valence-corrected chi connectivity index (χ0v) is 12.0. The van der Waals surface area contributed by atoms with Gasteiger partial charge in [-0.15, -0.1) is 0 Å². The van der Waals surface area contributed by atoms with Gasteiger partial charge in [0.2, 0.25) is 0 Å². The van der Waals surface area contributed by atoms with E-state index in [9.17, 15) is 5.11 Å². The minimum atomic E-state index is -0.331. The molecule has 100 valence electrons. The van der Waals surface area contributed by atoms with Crippen LogP contribution in [0.5, 0.6) is 5.75 Å². The molecule has 1 aromatic carbocycles. The first-order chi connectivity index (χ1) is 8.49. The van der Waals surface area contributed by atoms with Crippen molar-refractivity contribution in [1.82, 2.24) is 0 Å². The molecule has 2 rings (SSSR count). The summed E-state index contributed by atoms with van der Waals surface area (Å²) in [4.78, 5) is 0. The third kappa shape index (κ3) is 2.81. The second-order valence-corrected chi connectivity index (χ2v) is 5.86. The van der Waals surface area contributed by atoms with Gasteiger partial charge in [-0.05, 0) is 55.4 Å². The smallest absolute Gasteiger partial charge is 0.124 e. The Bertz CT molecular complexity index is 429. The summed E-state index contributed by atoms with van der Waals surface area (Å²) in [5.74, 6) is 1.23. The molecule has 1 aromatic rings. The Hall–Kier alpha value is -0.730. The highest BCUT2D eigenvalue weighted by Gasteiger charge is 2.27. The van der Waals surface area contributed by atoms with E-state index in [4.69, 9.17) is 16.3 Å². The van der Waals surface area contributed by atoms with Crippen LogP contribution in [0, 0.1) is 6.92 Å². The monoisotopic (exact) mass is 268 g/mol. The molecule has 3 heteroatoms. The van der Waals surface area contributed by atoms with E-state index in [1.165, 1.54) is 0 Å². The molecule has 1 aliphatic rings. The topological polar surface area (TPSA) is 29.5 Å². The molecular formula is C15H21ClO2. The number of aryl methyl sites for hydroxylation is 1. The summed E-state index contributed by atoms with van der Waals surface area (Å²) in [7, 11) is 0. The molecule has 0 radical (unpaired) electrons. The Morgan fingerprint density at radius 3 is 2.61 bits per heavy atom. The van der Waals surface area contributed by atoms with Crippen molar-refractivity contribution in [3.8, 4) is 5.75 Å². The van der Waals surface area contributed by atoms with Crippen LogP contribution in [-0.2, 0) is 0 Å². The van der Waals surface area contributed by atoms with E-state index < -0.39 is 0 Å². The van der Waals surface area contributed by atoms with Gasteiger partial charge < -0.3 is 9.84 Å². The maximum Gasteiger partial charge on any atom is 0.124 e. The molecular weight excluding hydrogens is 248 g/mol. The lowest BCUT2D eigenvalue weighted by molar-refractivity contribution is 0.0599. The molecule has 0 spiro atoms. The lowest BCUT2D eigenvalue weighted by atomic mass is 10.0. The van der Waals surface area contributed by atoms with E-state index in [1.807, 2.05) is 19.1 Å². The van der Waals surface area contributed by atoms with Crippen molar-refractivity contribution in [3.05, 3.63) is 28.3 Å². The van der Waals surface area contributed by atoms with Gasteiger partial charge in [0, 0.05) is 5.02 Å². The molecule has 0 bridgehead atoms. The maximum absolute atomic E-state index is 9.82. The molecule has 2 unspecified atom stereocenters. The zero-order valence-electron chi connectivity index (χ0n) is 11.2. The summed E-state index contributed by atoms with van der Waals surface area (Å²) in [6.45, 7) is 6.22. The molecule has 0 heterocycles. The highest BCUT2D eigenvalue weighted by Crippen LogP contribution is 2.33.